The third-order valence-electron chi connectivity index (χ3n) is 3.76. The molecule has 0 aromatic heterocycles. The Balaban J connectivity index is 1.74. The van der Waals surface area contributed by atoms with Crippen LogP contribution in [0.3, 0.4) is 0 Å². The Hall–Kier alpha value is -0.480. The first-order valence-electron chi connectivity index (χ1n) is 6.46. The number of fused-ring (bicyclic) bond motifs is 1. The molecule has 1 aromatic carbocycles. The molecule has 1 N–H and O–H groups in total. The molecule has 2 nitrogen and oxygen atoms in total. The smallest absolute Gasteiger partial charge is 0.161 e. The van der Waals surface area contributed by atoms with Gasteiger partial charge in [-0.15, -0.1) is 0 Å². The van der Waals surface area contributed by atoms with E-state index in [0.29, 0.717) is 6.04 Å². The number of hydrogen-bond donors (Lipinski definition) is 1. The van der Waals surface area contributed by atoms with Gasteiger partial charge in [0.05, 0.1) is 6.04 Å². The Morgan fingerprint density at radius 2 is 2.28 bits per heavy atom. The van der Waals surface area contributed by atoms with Crippen molar-refractivity contribution in [3.8, 4) is 0 Å². The average molecular weight is 325 g/mol. The van der Waals surface area contributed by atoms with Crippen molar-refractivity contribution in [1.29, 1.82) is 0 Å². The molecule has 1 fully saturated rings. The number of rotatable bonds is 1. The van der Waals surface area contributed by atoms with Crippen molar-refractivity contribution in [3.05, 3.63) is 28.2 Å². The highest BCUT2D eigenvalue weighted by molar-refractivity contribution is 9.10. The largest absolute Gasteiger partial charge is 0.335 e. The summed E-state index contributed by atoms with van der Waals surface area (Å²) in [7, 11) is 0. The van der Waals surface area contributed by atoms with E-state index in [-0.39, 0.29) is 0 Å². The predicted octanol–water partition coefficient (Wildman–Crippen LogP) is 4.44. The molecule has 96 valence electrons. The normalized spacial score (nSPS) is 26.7. The Kier molecular flexibility index (Phi) is 3.66. The van der Waals surface area contributed by atoms with Gasteiger partial charge in [-0.3, -0.25) is 4.99 Å². The van der Waals surface area contributed by atoms with Crippen molar-refractivity contribution in [2.24, 2.45) is 10.9 Å². The van der Waals surface area contributed by atoms with Gasteiger partial charge in [0.15, 0.2) is 5.17 Å². The summed E-state index contributed by atoms with van der Waals surface area (Å²) in [6.45, 7) is 2.10. The monoisotopic (exact) mass is 324 g/mol. The van der Waals surface area contributed by atoms with E-state index in [0.717, 1.165) is 21.2 Å². The summed E-state index contributed by atoms with van der Waals surface area (Å²) >= 11 is 5.44. The van der Waals surface area contributed by atoms with Gasteiger partial charge in [-0.1, -0.05) is 40.2 Å². The summed E-state index contributed by atoms with van der Waals surface area (Å²) in [5, 5.41) is 4.54. The molecule has 1 aliphatic carbocycles. The summed E-state index contributed by atoms with van der Waals surface area (Å²) in [5.74, 6) is 2.05. The predicted molar refractivity (Wildman–Crippen MR) is 83.5 cm³/mol. The fourth-order valence-corrected chi connectivity index (χ4v) is 4.16. The number of amidine groups is 1. The van der Waals surface area contributed by atoms with Crippen LogP contribution >= 0.6 is 27.7 Å². The van der Waals surface area contributed by atoms with Gasteiger partial charge in [0.25, 0.3) is 0 Å². The molecule has 2 atom stereocenters. The first-order valence-corrected chi connectivity index (χ1v) is 8.24. The van der Waals surface area contributed by atoms with E-state index in [1.54, 1.807) is 0 Å². The molecule has 3 rings (SSSR count). The number of nitrogens with one attached hydrogen (secondary N) is 1. The third kappa shape index (κ3) is 2.59. The van der Waals surface area contributed by atoms with E-state index in [9.17, 15) is 0 Å². The number of benzene rings is 1. The van der Waals surface area contributed by atoms with Gasteiger partial charge < -0.3 is 5.32 Å². The van der Waals surface area contributed by atoms with Crippen LogP contribution in [0.2, 0.25) is 0 Å². The van der Waals surface area contributed by atoms with Gasteiger partial charge in [0, 0.05) is 15.9 Å². The van der Waals surface area contributed by atoms with Crippen LogP contribution in [0, 0.1) is 12.8 Å². The van der Waals surface area contributed by atoms with Crippen LogP contribution in [0.5, 0.6) is 0 Å². The topological polar surface area (TPSA) is 24.4 Å². The maximum atomic E-state index is 4.84. The van der Waals surface area contributed by atoms with Crippen LogP contribution in [0.25, 0.3) is 0 Å². The highest BCUT2D eigenvalue weighted by Gasteiger charge is 2.30. The Labute approximate surface area is 121 Å². The number of aryl methyl sites for hydroxylation is 1. The summed E-state index contributed by atoms with van der Waals surface area (Å²) < 4.78 is 1.15. The minimum Gasteiger partial charge on any atom is -0.335 e. The van der Waals surface area contributed by atoms with Crippen LogP contribution in [0.4, 0.5) is 5.69 Å². The first kappa shape index (κ1) is 12.5. The Morgan fingerprint density at radius 3 is 3.11 bits per heavy atom. The maximum Gasteiger partial charge on any atom is 0.161 e. The van der Waals surface area contributed by atoms with E-state index in [1.165, 1.54) is 30.6 Å². The molecular formula is C14H17BrN2S. The molecule has 18 heavy (non-hydrogen) atoms. The van der Waals surface area contributed by atoms with Gasteiger partial charge in [-0.25, -0.2) is 0 Å². The van der Waals surface area contributed by atoms with E-state index in [4.69, 9.17) is 4.99 Å². The summed E-state index contributed by atoms with van der Waals surface area (Å²) in [6, 6.07) is 6.93. The second kappa shape index (κ2) is 5.25. The summed E-state index contributed by atoms with van der Waals surface area (Å²) in [5.41, 5.74) is 2.38. The number of thioether (sulfide) groups is 1. The van der Waals surface area contributed by atoms with Crippen molar-refractivity contribution >= 4 is 38.5 Å². The lowest BCUT2D eigenvalue weighted by atomic mass is 10.1. The van der Waals surface area contributed by atoms with Crippen molar-refractivity contribution in [2.75, 3.05) is 11.1 Å². The van der Waals surface area contributed by atoms with Crippen molar-refractivity contribution < 1.29 is 0 Å². The summed E-state index contributed by atoms with van der Waals surface area (Å²) in [4.78, 5) is 4.84. The Bertz CT molecular complexity index is 487. The van der Waals surface area contributed by atoms with Crippen LogP contribution < -0.4 is 5.32 Å². The Morgan fingerprint density at radius 1 is 1.39 bits per heavy atom. The second-order valence-electron chi connectivity index (χ2n) is 5.09. The lowest BCUT2D eigenvalue weighted by molar-refractivity contribution is 0.535. The SMILES string of the molecule is Cc1ccc(NC2=NC3CCCC3CS2)cc1Br. The lowest BCUT2D eigenvalue weighted by Crippen LogP contribution is -2.25. The highest BCUT2D eigenvalue weighted by atomic mass is 79.9. The highest BCUT2D eigenvalue weighted by Crippen LogP contribution is 2.35. The van der Waals surface area contributed by atoms with Crippen molar-refractivity contribution in [1.82, 2.24) is 0 Å². The molecule has 2 unspecified atom stereocenters. The average Bonchev–Trinajstić information content (AvgIpc) is 2.81. The van der Waals surface area contributed by atoms with E-state index >= 15 is 0 Å². The third-order valence-corrected chi connectivity index (χ3v) is 5.69. The zero-order valence-corrected chi connectivity index (χ0v) is 12.9. The van der Waals surface area contributed by atoms with Crippen molar-refractivity contribution in [3.63, 3.8) is 0 Å². The minimum atomic E-state index is 0.572. The van der Waals surface area contributed by atoms with E-state index in [1.807, 2.05) is 11.8 Å². The van der Waals surface area contributed by atoms with Crippen LogP contribution in [-0.4, -0.2) is 17.0 Å². The quantitative estimate of drug-likeness (QED) is 0.825. The summed E-state index contributed by atoms with van der Waals surface area (Å²) in [6.07, 6.45) is 3.99. The molecule has 1 saturated carbocycles. The molecule has 0 amide bonds. The lowest BCUT2D eigenvalue weighted by Gasteiger charge is -2.23. The van der Waals surface area contributed by atoms with Crippen LogP contribution in [-0.2, 0) is 0 Å². The van der Waals surface area contributed by atoms with Gasteiger partial charge in [0.1, 0.15) is 0 Å². The second-order valence-corrected chi connectivity index (χ2v) is 6.96. The number of aliphatic imine (C=N–C) groups is 1. The standard InChI is InChI=1S/C14H17BrN2S/c1-9-5-6-11(7-12(9)15)16-14-17-13-4-2-3-10(13)8-18-14/h5-7,10,13H,2-4,8H2,1H3,(H,16,17). The molecule has 1 aliphatic heterocycles. The zero-order valence-electron chi connectivity index (χ0n) is 10.4. The zero-order chi connectivity index (χ0) is 12.5. The van der Waals surface area contributed by atoms with Gasteiger partial charge >= 0.3 is 0 Å². The van der Waals surface area contributed by atoms with Gasteiger partial charge in [0.2, 0.25) is 0 Å². The minimum absolute atomic E-state index is 0.572. The molecule has 0 radical (unpaired) electrons. The fourth-order valence-electron chi connectivity index (χ4n) is 2.62. The number of halogens is 1. The maximum absolute atomic E-state index is 4.84. The molecule has 0 spiro atoms. The van der Waals surface area contributed by atoms with Crippen LogP contribution in [0.1, 0.15) is 24.8 Å². The molecule has 1 aromatic rings. The molecule has 0 saturated heterocycles. The van der Waals surface area contributed by atoms with Gasteiger partial charge in [-0.2, -0.15) is 0 Å². The van der Waals surface area contributed by atoms with Crippen LogP contribution in [0.15, 0.2) is 27.7 Å². The number of anilines is 1. The number of nitrogens with zero attached hydrogens (tertiary/aromatic N) is 1. The van der Waals surface area contributed by atoms with Gasteiger partial charge in [-0.05, 0) is 43.4 Å². The fraction of sp³-hybridized carbons (Fsp3) is 0.500. The first-order chi connectivity index (χ1) is 8.72. The molecule has 4 heteroatoms. The molecule has 1 heterocycles. The number of hydrogen-bond acceptors (Lipinski definition) is 3. The molecule has 0 bridgehead atoms. The molecular weight excluding hydrogens is 308 g/mol. The van der Waals surface area contributed by atoms with E-state index in [2.05, 4.69) is 46.4 Å². The van der Waals surface area contributed by atoms with E-state index < -0.39 is 0 Å². The van der Waals surface area contributed by atoms with Crippen molar-refractivity contribution in [2.45, 2.75) is 32.2 Å². The molecule has 2 aliphatic rings.